The van der Waals surface area contributed by atoms with Crippen molar-refractivity contribution in [3.63, 3.8) is 0 Å². The lowest BCUT2D eigenvalue weighted by Gasteiger charge is -2.12. The van der Waals surface area contributed by atoms with Gasteiger partial charge >= 0.3 is 0 Å². The number of ketones is 1. The molecule has 1 heterocycles. The SMILES string of the molecule is O=C1CCOC=C1c1ccccc1. The van der Waals surface area contributed by atoms with Gasteiger partial charge in [0.2, 0.25) is 0 Å². The lowest BCUT2D eigenvalue weighted by Crippen LogP contribution is -2.10. The highest BCUT2D eigenvalue weighted by atomic mass is 16.5. The average Bonchev–Trinajstić information content (AvgIpc) is 2.20. The average molecular weight is 174 g/mol. The minimum Gasteiger partial charge on any atom is -0.500 e. The summed E-state index contributed by atoms with van der Waals surface area (Å²) in [6.07, 6.45) is 2.04. The Morgan fingerprint density at radius 3 is 2.62 bits per heavy atom. The summed E-state index contributed by atoms with van der Waals surface area (Å²) in [5.74, 6) is 0.164. The number of Topliss-reactive ketones (excluding diaryl/α,β-unsaturated/α-hetero) is 1. The Morgan fingerprint density at radius 2 is 1.92 bits per heavy atom. The minimum atomic E-state index is 0.164. The quantitative estimate of drug-likeness (QED) is 0.651. The van der Waals surface area contributed by atoms with Crippen LogP contribution in [0.5, 0.6) is 0 Å². The number of ether oxygens (including phenoxy) is 1. The van der Waals surface area contributed by atoms with E-state index in [0.717, 1.165) is 5.56 Å². The molecule has 0 unspecified atom stereocenters. The highest BCUT2D eigenvalue weighted by Gasteiger charge is 2.15. The summed E-state index contributed by atoms with van der Waals surface area (Å²) in [6, 6.07) is 9.59. The molecule has 2 heteroatoms. The molecule has 0 saturated carbocycles. The third kappa shape index (κ3) is 1.61. The van der Waals surface area contributed by atoms with Gasteiger partial charge in [-0.15, -0.1) is 0 Å². The molecule has 0 amide bonds. The molecule has 2 rings (SSSR count). The summed E-state index contributed by atoms with van der Waals surface area (Å²) in [4.78, 5) is 11.4. The van der Waals surface area contributed by atoms with Crippen LogP contribution in [0.3, 0.4) is 0 Å². The number of benzene rings is 1. The summed E-state index contributed by atoms with van der Waals surface area (Å²) in [6.45, 7) is 0.509. The Hall–Kier alpha value is -1.57. The molecule has 0 spiro atoms. The Morgan fingerprint density at radius 1 is 1.15 bits per heavy atom. The van der Waals surface area contributed by atoms with Crippen LogP contribution in [0.2, 0.25) is 0 Å². The van der Waals surface area contributed by atoms with E-state index in [9.17, 15) is 4.79 Å². The number of rotatable bonds is 1. The van der Waals surface area contributed by atoms with Crippen LogP contribution >= 0.6 is 0 Å². The topological polar surface area (TPSA) is 26.3 Å². The third-order valence-corrected chi connectivity index (χ3v) is 2.03. The van der Waals surface area contributed by atoms with E-state index in [-0.39, 0.29) is 5.78 Å². The van der Waals surface area contributed by atoms with Crippen molar-refractivity contribution in [2.24, 2.45) is 0 Å². The van der Waals surface area contributed by atoms with Crippen molar-refractivity contribution in [2.45, 2.75) is 6.42 Å². The Labute approximate surface area is 76.8 Å². The molecule has 0 fully saturated rings. The van der Waals surface area contributed by atoms with Crippen LogP contribution in [0.15, 0.2) is 36.6 Å². The van der Waals surface area contributed by atoms with Crippen LogP contribution in [0.25, 0.3) is 5.57 Å². The first-order chi connectivity index (χ1) is 6.38. The molecule has 0 atom stereocenters. The summed E-state index contributed by atoms with van der Waals surface area (Å²) < 4.78 is 5.12. The number of carbonyl (C=O) groups excluding carboxylic acids is 1. The summed E-state index contributed by atoms with van der Waals surface area (Å²) in [5.41, 5.74) is 1.62. The van der Waals surface area contributed by atoms with Gasteiger partial charge in [-0.25, -0.2) is 0 Å². The summed E-state index contributed by atoms with van der Waals surface area (Å²) in [5, 5.41) is 0. The largest absolute Gasteiger partial charge is 0.500 e. The van der Waals surface area contributed by atoms with Gasteiger partial charge in [0.15, 0.2) is 5.78 Å². The van der Waals surface area contributed by atoms with Crippen LogP contribution in [0.4, 0.5) is 0 Å². The molecule has 0 N–H and O–H groups in total. The first-order valence-corrected chi connectivity index (χ1v) is 4.28. The number of hydrogen-bond donors (Lipinski definition) is 0. The molecule has 0 aliphatic carbocycles. The van der Waals surface area contributed by atoms with E-state index < -0.39 is 0 Å². The minimum absolute atomic E-state index is 0.164. The molecule has 1 aromatic carbocycles. The summed E-state index contributed by atoms with van der Waals surface area (Å²) >= 11 is 0. The monoisotopic (exact) mass is 174 g/mol. The molecule has 0 saturated heterocycles. The lowest BCUT2D eigenvalue weighted by molar-refractivity contribution is -0.115. The van der Waals surface area contributed by atoms with Crippen LogP contribution in [-0.4, -0.2) is 12.4 Å². The standard InChI is InChI=1S/C11H10O2/c12-11-6-7-13-8-10(11)9-4-2-1-3-5-9/h1-5,8H,6-7H2. The maximum absolute atomic E-state index is 11.4. The van der Waals surface area contributed by atoms with E-state index in [1.807, 2.05) is 30.3 Å². The molecule has 0 bridgehead atoms. The van der Waals surface area contributed by atoms with Gasteiger partial charge in [-0.2, -0.15) is 0 Å². The van der Waals surface area contributed by atoms with E-state index >= 15 is 0 Å². The lowest BCUT2D eigenvalue weighted by atomic mass is 10.0. The second-order valence-electron chi connectivity index (χ2n) is 2.94. The van der Waals surface area contributed by atoms with Crippen molar-refractivity contribution in [1.29, 1.82) is 0 Å². The normalized spacial score (nSPS) is 16.3. The van der Waals surface area contributed by atoms with Gasteiger partial charge < -0.3 is 4.74 Å². The van der Waals surface area contributed by atoms with Crippen molar-refractivity contribution >= 4 is 11.4 Å². The molecule has 0 aromatic heterocycles. The van der Waals surface area contributed by atoms with E-state index in [0.29, 0.717) is 18.6 Å². The first kappa shape index (κ1) is 8.05. The van der Waals surface area contributed by atoms with E-state index in [1.54, 1.807) is 6.26 Å². The predicted octanol–water partition coefficient (Wildman–Crippen LogP) is 2.02. The number of carbonyl (C=O) groups is 1. The smallest absolute Gasteiger partial charge is 0.169 e. The van der Waals surface area contributed by atoms with E-state index in [2.05, 4.69) is 0 Å². The van der Waals surface area contributed by atoms with Gasteiger partial charge in [-0.1, -0.05) is 30.3 Å². The molecule has 66 valence electrons. The van der Waals surface area contributed by atoms with Crippen molar-refractivity contribution in [3.8, 4) is 0 Å². The van der Waals surface area contributed by atoms with Crippen molar-refractivity contribution < 1.29 is 9.53 Å². The van der Waals surface area contributed by atoms with Gasteiger partial charge in [-0.05, 0) is 5.56 Å². The highest BCUT2D eigenvalue weighted by molar-refractivity contribution is 6.20. The van der Waals surface area contributed by atoms with Crippen molar-refractivity contribution in [2.75, 3.05) is 6.61 Å². The first-order valence-electron chi connectivity index (χ1n) is 4.28. The van der Waals surface area contributed by atoms with Gasteiger partial charge in [0.05, 0.1) is 18.4 Å². The van der Waals surface area contributed by atoms with Gasteiger partial charge in [0, 0.05) is 6.42 Å². The van der Waals surface area contributed by atoms with Crippen molar-refractivity contribution in [3.05, 3.63) is 42.2 Å². The Kier molecular flexibility index (Phi) is 2.13. The highest BCUT2D eigenvalue weighted by Crippen LogP contribution is 2.19. The number of allylic oxidation sites excluding steroid dienone is 1. The van der Waals surface area contributed by atoms with Crippen LogP contribution in [-0.2, 0) is 9.53 Å². The second kappa shape index (κ2) is 3.44. The van der Waals surface area contributed by atoms with Gasteiger partial charge in [0.25, 0.3) is 0 Å². The van der Waals surface area contributed by atoms with Gasteiger partial charge in [0.1, 0.15) is 0 Å². The zero-order valence-electron chi connectivity index (χ0n) is 7.19. The Balaban J connectivity index is 2.35. The molecule has 0 radical (unpaired) electrons. The zero-order chi connectivity index (χ0) is 9.10. The van der Waals surface area contributed by atoms with Crippen LogP contribution < -0.4 is 0 Å². The zero-order valence-corrected chi connectivity index (χ0v) is 7.19. The summed E-state index contributed by atoms with van der Waals surface area (Å²) in [7, 11) is 0. The van der Waals surface area contributed by atoms with Crippen molar-refractivity contribution in [1.82, 2.24) is 0 Å². The molecule has 1 aliphatic heterocycles. The van der Waals surface area contributed by atoms with Gasteiger partial charge in [-0.3, -0.25) is 4.79 Å². The molecule has 13 heavy (non-hydrogen) atoms. The maximum atomic E-state index is 11.4. The predicted molar refractivity (Wildman–Crippen MR) is 50.0 cm³/mol. The molecular weight excluding hydrogens is 164 g/mol. The maximum Gasteiger partial charge on any atom is 0.169 e. The Bertz CT molecular complexity index is 338. The second-order valence-corrected chi connectivity index (χ2v) is 2.94. The molecule has 2 nitrogen and oxygen atoms in total. The molecular formula is C11H10O2. The van der Waals surface area contributed by atoms with E-state index in [1.165, 1.54) is 0 Å². The fourth-order valence-electron chi connectivity index (χ4n) is 1.34. The van der Waals surface area contributed by atoms with Crippen LogP contribution in [0.1, 0.15) is 12.0 Å². The number of hydrogen-bond acceptors (Lipinski definition) is 2. The van der Waals surface area contributed by atoms with E-state index in [4.69, 9.17) is 4.74 Å². The fraction of sp³-hybridized carbons (Fsp3) is 0.182. The molecule has 1 aliphatic rings. The third-order valence-electron chi connectivity index (χ3n) is 2.03. The fourth-order valence-corrected chi connectivity index (χ4v) is 1.34. The van der Waals surface area contributed by atoms with Crippen LogP contribution in [0, 0.1) is 0 Å². The molecule has 1 aromatic rings.